The Kier molecular flexibility index (Phi) is 8.15. The molecule has 0 spiro atoms. The predicted molar refractivity (Wildman–Crippen MR) is 71.5 cm³/mol. The van der Waals surface area contributed by atoms with Crippen LogP contribution in [0.2, 0.25) is 0 Å². The summed E-state index contributed by atoms with van der Waals surface area (Å²) in [4.78, 5) is 15.5. The highest BCUT2D eigenvalue weighted by atomic mass is 35.5. The molecule has 6 heteroatoms. The van der Waals surface area contributed by atoms with Crippen LogP contribution in [0.5, 0.6) is 0 Å². The van der Waals surface area contributed by atoms with E-state index in [1.165, 1.54) is 0 Å². The lowest BCUT2D eigenvalue weighted by molar-refractivity contribution is -0.156. The average molecular weight is 281 g/mol. The van der Waals surface area contributed by atoms with E-state index in [0.29, 0.717) is 5.56 Å². The summed E-state index contributed by atoms with van der Waals surface area (Å²) < 4.78 is 5.16. The molecule has 1 rings (SSSR count). The molecule has 98 valence electrons. The van der Waals surface area contributed by atoms with Gasteiger partial charge in [-0.1, -0.05) is 6.07 Å². The van der Waals surface area contributed by atoms with E-state index in [2.05, 4.69) is 4.98 Å². The third kappa shape index (κ3) is 6.46. The number of aromatic nitrogens is 1. The number of pyridine rings is 1. The van der Waals surface area contributed by atoms with Crippen LogP contribution in [0.15, 0.2) is 24.5 Å². The van der Waals surface area contributed by atoms with Crippen LogP contribution in [0.4, 0.5) is 0 Å². The van der Waals surface area contributed by atoms with E-state index in [1.54, 1.807) is 45.3 Å². The second-order valence-electron chi connectivity index (χ2n) is 4.30. The van der Waals surface area contributed by atoms with Crippen molar-refractivity contribution in [2.75, 3.05) is 0 Å². The normalized spacial score (nSPS) is 11.8. The Bertz CT molecular complexity index is 339. The van der Waals surface area contributed by atoms with E-state index in [-0.39, 0.29) is 24.8 Å². The first kappa shape index (κ1) is 18.5. The molecule has 0 radical (unpaired) electrons. The summed E-state index contributed by atoms with van der Waals surface area (Å²) >= 11 is 0. The molecular formula is C11H18Cl2N2O2. The molecule has 0 aliphatic rings. The summed E-state index contributed by atoms with van der Waals surface area (Å²) in [7, 11) is 0. The lowest BCUT2D eigenvalue weighted by atomic mass is 10.1. The van der Waals surface area contributed by atoms with Crippen LogP contribution in [0.1, 0.15) is 32.4 Å². The van der Waals surface area contributed by atoms with Crippen molar-refractivity contribution in [2.45, 2.75) is 32.4 Å². The Labute approximate surface area is 114 Å². The number of hydrogen-bond donors (Lipinski definition) is 1. The number of nitrogens with two attached hydrogens (primary N) is 1. The van der Waals surface area contributed by atoms with Gasteiger partial charge in [-0.2, -0.15) is 0 Å². The minimum atomic E-state index is -0.766. The number of ether oxygens (including phenoxy) is 1. The van der Waals surface area contributed by atoms with Gasteiger partial charge in [-0.25, -0.2) is 4.79 Å². The molecule has 1 aromatic heterocycles. The van der Waals surface area contributed by atoms with Gasteiger partial charge >= 0.3 is 5.97 Å². The van der Waals surface area contributed by atoms with Gasteiger partial charge in [0.25, 0.3) is 0 Å². The first-order chi connectivity index (χ1) is 6.90. The Morgan fingerprint density at radius 2 is 2.00 bits per heavy atom. The van der Waals surface area contributed by atoms with E-state index in [1.807, 2.05) is 0 Å². The smallest absolute Gasteiger partial charge is 0.328 e. The molecule has 1 aromatic rings. The van der Waals surface area contributed by atoms with Crippen molar-refractivity contribution in [3.8, 4) is 0 Å². The van der Waals surface area contributed by atoms with Gasteiger partial charge in [0.2, 0.25) is 0 Å². The molecule has 1 unspecified atom stereocenters. The maximum absolute atomic E-state index is 11.6. The minimum absolute atomic E-state index is 0. The van der Waals surface area contributed by atoms with Crippen LogP contribution < -0.4 is 5.73 Å². The van der Waals surface area contributed by atoms with Crippen molar-refractivity contribution in [3.05, 3.63) is 30.1 Å². The molecular weight excluding hydrogens is 263 g/mol. The van der Waals surface area contributed by atoms with Crippen molar-refractivity contribution in [1.29, 1.82) is 0 Å². The molecule has 2 N–H and O–H groups in total. The number of carbonyl (C=O) groups excluding carboxylic acids is 1. The first-order valence-electron chi connectivity index (χ1n) is 4.78. The van der Waals surface area contributed by atoms with Crippen molar-refractivity contribution >= 4 is 30.8 Å². The van der Waals surface area contributed by atoms with Crippen LogP contribution in [0.3, 0.4) is 0 Å². The van der Waals surface area contributed by atoms with Crippen molar-refractivity contribution in [1.82, 2.24) is 4.98 Å². The number of rotatable bonds is 2. The van der Waals surface area contributed by atoms with Gasteiger partial charge in [-0.15, -0.1) is 24.8 Å². The van der Waals surface area contributed by atoms with E-state index in [0.717, 1.165) is 0 Å². The molecule has 0 amide bonds. The molecule has 1 atom stereocenters. The highest BCUT2D eigenvalue weighted by molar-refractivity contribution is 5.85. The fraction of sp³-hybridized carbons (Fsp3) is 0.455. The average Bonchev–Trinajstić information content (AvgIpc) is 2.15. The highest BCUT2D eigenvalue weighted by Gasteiger charge is 2.23. The Morgan fingerprint density at radius 1 is 1.41 bits per heavy atom. The summed E-state index contributed by atoms with van der Waals surface area (Å²) in [5.41, 5.74) is 5.87. The minimum Gasteiger partial charge on any atom is -0.459 e. The molecule has 0 aromatic carbocycles. The third-order valence-corrected chi connectivity index (χ3v) is 1.70. The largest absolute Gasteiger partial charge is 0.459 e. The van der Waals surface area contributed by atoms with Gasteiger partial charge in [-0.3, -0.25) is 4.98 Å². The van der Waals surface area contributed by atoms with Gasteiger partial charge in [0.1, 0.15) is 11.6 Å². The molecule has 4 nitrogen and oxygen atoms in total. The SMILES string of the molecule is CC(C)(C)OC(=O)C(N)c1cccnc1.Cl.Cl. The van der Waals surface area contributed by atoms with E-state index < -0.39 is 17.6 Å². The summed E-state index contributed by atoms with van der Waals surface area (Å²) in [5.74, 6) is -0.435. The van der Waals surface area contributed by atoms with Crippen LogP contribution in [0, 0.1) is 0 Å². The second-order valence-corrected chi connectivity index (χ2v) is 4.30. The molecule has 0 fully saturated rings. The second kappa shape index (κ2) is 7.48. The number of hydrogen-bond acceptors (Lipinski definition) is 4. The van der Waals surface area contributed by atoms with Crippen molar-refractivity contribution in [3.63, 3.8) is 0 Å². The number of carbonyl (C=O) groups is 1. The van der Waals surface area contributed by atoms with Crippen LogP contribution in [-0.4, -0.2) is 16.6 Å². The monoisotopic (exact) mass is 280 g/mol. The zero-order valence-corrected chi connectivity index (χ0v) is 11.7. The van der Waals surface area contributed by atoms with Crippen LogP contribution in [0.25, 0.3) is 0 Å². The fourth-order valence-electron chi connectivity index (χ4n) is 1.06. The van der Waals surface area contributed by atoms with E-state index in [4.69, 9.17) is 10.5 Å². The quantitative estimate of drug-likeness (QED) is 0.844. The first-order valence-corrected chi connectivity index (χ1v) is 4.78. The molecule has 0 saturated heterocycles. The van der Waals surface area contributed by atoms with Crippen molar-refractivity contribution < 1.29 is 9.53 Å². The molecule has 0 saturated carbocycles. The Hall–Kier alpha value is -0.840. The van der Waals surface area contributed by atoms with Gasteiger partial charge in [-0.05, 0) is 32.4 Å². The van der Waals surface area contributed by atoms with Gasteiger partial charge in [0, 0.05) is 12.4 Å². The van der Waals surface area contributed by atoms with Gasteiger partial charge in [0.15, 0.2) is 0 Å². The maximum atomic E-state index is 11.6. The Balaban J connectivity index is 0. The lowest BCUT2D eigenvalue weighted by Crippen LogP contribution is -2.31. The summed E-state index contributed by atoms with van der Waals surface area (Å²) in [5, 5.41) is 0. The number of esters is 1. The molecule has 17 heavy (non-hydrogen) atoms. The lowest BCUT2D eigenvalue weighted by Gasteiger charge is -2.22. The molecule has 0 aliphatic heterocycles. The zero-order valence-electron chi connectivity index (χ0n) is 10.0. The molecule has 1 heterocycles. The standard InChI is InChI=1S/C11H16N2O2.2ClH/c1-11(2,3)15-10(14)9(12)8-5-4-6-13-7-8;;/h4-7,9H,12H2,1-3H3;2*1H. The summed E-state index contributed by atoms with van der Waals surface area (Å²) in [6, 6.07) is 2.72. The maximum Gasteiger partial charge on any atom is 0.328 e. The predicted octanol–water partition coefficient (Wildman–Crippen LogP) is 2.27. The highest BCUT2D eigenvalue weighted by Crippen LogP contribution is 2.15. The van der Waals surface area contributed by atoms with E-state index >= 15 is 0 Å². The Morgan fingerprint density at radius 3 is 2.41 bits per heavy atom. The van der Waals surface area contributed by atoms with Crippen LogP contribution in [-0.2, 0) is 9.53 Å². The topological polar surface area (TPSA) is 65.2 Å². The van der Waals surface area contributed by atoms with Crippen molar-refractivity contribution in [2.24, 2.45) is 5.73 Å². The van der Waals surface area contributed by atoms with E-state index in [9.17, 15) is 4.79 Å². The summed E-state index contributed by atoms with van der Waals surface area (Å²) in [6.07, 6.45) is 3.19. The van der Waals surface area contributed by atoms with Crippen LogP contribution >= 0.6 is 24.8 Å². The zero-order chi connectivity index (χ0) is 11.5. The fourth-order valence-corrected chi connectivity index (χ4v) is 1.06. The third-order valence-electron chi connectivity index (χ3n) is 1.70. The van der Waals surface area contributed by atoms with Gasteiger partial charge in [0.05, 0.1) is 0 Å². The summed E-state index contributed by atoms with van der Waals surface area (Å²) in [6.45, 7) is 5.42. The number of nitrogens with zero attached hydrogens (tertiary/aromatic N) is 1. The molecule has 0 aliphatic carbocycles. The molecule has 0 bridgehead atoms. The van der Waals surface area contributed by atoms with Gasteiger partial charge < -0.3 is 10.5 Å². The number of halogens is 2.